The van der Waals surface area contributed by atoms with Crippen molar-refractivity contribution in [2.24, 2.45) is 0 Å². The number of aromatic amines is 1. The summed E-state index contributed by atoms with van der Waals surface area (Å²) in [6.07, 6.45) is 1.78. The van der Waals surface area contributed by atoms with Crippen LogP contribution < -0.4 is 5.32 Å². The second-order valence-electron chi connectivity index (χ2n) is 4.77. The monoisotopic (exact) mass is 292 g/mol. The molecule has 106 valence electrons. The molecule has 2 rings (SSSR count). The van der Waals surface area contributed by atoms with E-state index in [0.29, 0.717) is 17.1 Å². The Morgan fingerprint density at radius 3 is 2.80 bits per heavy atom. The van der Waals surface area contributed by atoms with Crippen molar-refractivity contribution in [3.8, 4) is 0 Å². The molecule has 0 aliphatic rings. The number of carbonyl (C=O) groups excluding carboxylic acids is 1. The van der Waals surface area contributed by atoms with Crippen LogP contribution in [0.2, 0.25) is 5.02 Å². The van der Waals surface area contributed by atoms with Crippen LogP contribution in [0.3, 0.4) is 0 Å². The number of nitrogens with one attached hydrogen (secondary N) is 2. The fourth-order valence-corrected chi connectivity index (χ4v) is 1.99. The molecule has 2 N–H and O–H groups in total. The van der Waals surface area contributed by atoms with E-state index in [1.165, 1.54) is 4.90 Å². The van der Waals surface area contributed by atoms with Crippen molar-refractivity contribution in [1.29, 1.82) is 0 Å². The summed E-state index contributed by atoms with van der Waals surface area (Å²) in [5.74, 6) is -0.113. The fraction of sp³-hybridized carbons (Fsp3) is 0.286. The van der Waals surface area contributed by atoms with Gasteiger partial charge in [-0.25, -0.2) is 0 Å². The van der Waals surface area contributed by atoms with E-state index in [2.05, 4.69) is 15.5 Å². The molecule has 0 radical (unpaired) electrons. The SMILES string of the molecule is Cc1[nH]ncc1CNc1ccc(Cl)c(C(=O)N(C)C)c1. The van der Waals surface area contributed by atoms with Crippen molar-refractivity contribution in [2.75, 3.05) is 19.4 Å². The predicted octanol–water partition coefficient (Wildman–Crippen LogP) is 2.69. The molecule has 0 fully saturated rings. The molecule has 0 saturated carbocycles. The zero-order chi connectivity index (χ0) is 14.7. The molecule has 0 aliphatic carbocycles. The standard InChI is InChI=1S/C14H17ClN4O/c1-9-10(8-17-18-9)7-16-11-4-5-13(15)12(6-11)14(20)19(2)3/h4-6,8,16H,7H2,1-3H3,(H,17,18). The Balaban J connectivity index is 2.15. The van der Waals surface area contributed by atoms with Gasteiger partial charge in [-0.05, 0) is 25.1 Å². The Bertz CT molecular complexity index is 621. The minimum atomic E-state index is -0.113. The van der Waals surface area contributed by atoms with Gasteiger partial charge in [0.2, 0.25) is 0 Å². The van der Waals surface area contributed by atoms with E-state index >= 15 is 0 Å². The Labute approximate surface area is 122 Å². The number of benzene rings is 1. The smallest absolute Gasteiger partial charge is 0.254 e. The maximum atomic E-state index is 12.0. The van der Waals surface area contributed by atoms with Crippen molar-refractivity contribution in [3.05, 3.63) is 46.2 Å². The van der Waals surface area contributed by atoms with Crippen LogP contribution in [-0.2, 0) is 6.54 Å². The summed E-state index contributed by atoms with van der Waals surface area (Å²) in [7, 11) is 3.40. The first-order chi connectivity index (χ1) is 9.49. The van der Waals surface area contributed by atoms with Crippen LogP contribution in [0.25, 0.3) is 0 Å². The number of hydrogen-bond acceptors (Lipinski definition) is 3. The Kier molecular flexibility index (Phi) is 4.29. The third-order valence-corrected chi connectivity index (χ3v) is 3.35. The van der Waals surface area contributed by atoms with Gasteiger partial charge in [0, 0.05) is 37.6 Å². The summed E-state index contributed by atoms with van der Waals surface area (Å²) in [5.41, 5.74) is 3.45. The van der Waals surface area contributed by atoms with E-state index in [4.69, 9.17) is 11.6 Å². The maximum absolute atomic E-state index is 12.0. The number of aromatic nitrogens is 2. The molecule has 1 aromatic carbocycles. The summed E-state index contributed by atoms with van der Waals surface area (Å²) in [6.45, 7) is 2.60. The van der Waals surface area contributed by atoms with Crippen LogP contribution in [-0.4, -0.2) is 35.1 Å². The molecule has 0 saturated heterocycles. The van der Waals surface area contributed by atoms with Gasteiger partial charge < -0.3 is 10.2 Å². The van der Waals surface area contributed by atoms with Crippen LogP contribution >= 0.6 is 11.6 Å². The van der Waals surface area contributed by atoms with Crippen LogP contribution in [0, 0.1) is 6.92 Å². The van der Waals surface area contributed by atoms with Gasteiger partial charge in [-0.1, -0.05) is 11.6 Å². The van der Waals surface area contributed by atoms with E-state index in [9.17, 15) is 4.79 Å². The zero-order valence-electron chi connectivity index (χ0n) is 11.7. The number of halogens is 1. The highest BCUT2D eigenvalue weighted by Gasteiger charge is 2.13. The molecule has 2 aromatic rings. The first kappa shape index (κ1) is 14.4. The fourth-order valence-electron chi connectivity index (χ4n) is 1.79. The van der Waals surface area contributed by atoms with Crippen LogP contribution in [0.5, 0.6) is 0 Å². The lowest BCUT2D eigenvalue weighted by molar-refractivity contribution is 0.0828. The molecule has 0 aliphatic heterocycles. The number of carbonyl (C=O) groups is 1. The highest BCUT2D eigenvalue weighted by Crippen LogP contribution is 2.22. The number of aryl methyl sites for hydroxylation is 1. The molecule has 1 aromatic heterocycles. The molecule has 20 heavy (non-hydrogen) atoms. The van der Waals surface area contributed by atoms with Gasteiger partial charge in [0.05, 0.1) is 16.8 Å². The van der Waals surface area contributed by atoms with Gasteiger partial charge >= 0.3 is 0 Å². The molecule has 6 heteroatoms. The van der Waals surface area contributed by atoms with Gasteiger partial charge in [-0.2, -0.15) is 5.10 Å². The minimum absolute atomic E-state index is 0.113. The molecular formula is C14H17ClN4O. The highest BCUT2D eigenvalue weighted by molar-refractivity contribution is 6.34. The average Bonchev–Trinajstić information content (AvgIpc) is 2.82. The number of nitrogens with zero attached hydrogens (tertiary/aromatic N) is 2. The number of rotatable bonds is 4. The van der Waals surface area contributed by atoms with E-state index in [-0.39, 0.29) is 5.91 Å². The van der Waals surface area contributed by atoms with Crippen LogP contribution in [0.1, 0.15) is 21.6 Å². The quantitative estimate of drug-likeness (QED) is 0.911. The Morgan fingerprint density at radius 2 is 2.20 bits per heavy atom. The lowest BCUT2D eigenvalue weighted by Gasteiger charge is -2.13. The molecule has 0 bridgehead atoms. The molecular weight excluding hydrogens is 276 g/mol. The van der Waals surface area contributed by atoms with Crippen LogP contribution in [0.4, 0.5) is 5.69 Å². The number of H-pyrrole nitrogens is 1. The Hall–Kier alpha value is -2.01. The largest absolute Gasteiger partial charge is 0.381 e. The van der Waals surface area contributed by atoms with Crippen molar-refractivity contribution >= 4 is 23.2 Å². The van der Waals surface area contributed by atoms with E-state index < -0.39 is 0 Å². The average molecular weight is 293 g/mol. The lowest BCUT2D eigenvalue weighted by Crippen LogP contribution is -2.22. The number of hydrogen-bond donors (Lipinski definition) is 2. The van der Waals surface area contributed by atoms with Crippen molar-refractivity contribution in [2.45, 2.75) is 13.5 Å². The second kappa shape index (κ2) is 5.96. The molecule has 5 nitrogen and oxygen atoms in total. The summed E-state index contributed by atoms with van der Waals surface area (Å²) >= 11 is 6.07. The van der Waals surface area contributed by atoms with Gasteiger partial charge in [0.1, 0.15) is 0 Å². The van der Waals surface area contributed by atoms with Gasteiger partial charge in [-0.15, -0.1) is 0 Å². The minimum Gasteiger partial charge on any atom is -0.381 e. The molecule has 0 spiro atoms. The molecule has 0 unspecified atom stereocenters. The number of anilines is 1. The van der Waals surface area contributed by atoms with Gasteiger partial charge in [0.15, 0.2) is 0 Å². The first-order valence-corrected chi connectivity index (χ1v) is 6.60. The van der Waals surface area contributed by atoms with E-state index in [1.807, 2.05) is 13.0 Å². The normalized spacial score (nSPS) is 10.4. The van der Waals surface area contributed by atoms with Crippen molar-refractivity contribution < 1.29 is 4.79 Å². The molecule has 1 heterocycles. The highest BCUT2D eigenvalue weighted by atomic mass is 35.5. The van der Waals surface area contributed by atoms with Crippen molar-refractivity contribution in [1.82, 2.24) is 15.1 Å². The predicted molar refractivity (Wildman–Crippen MR) is 80.1 cm³/mol. The number of amides is 1. The second-order valence-corrected chi connectivity index (χ2v) is 5.18. The first-order valence-electron chi connectivity index (χ1n) is 6.23. The third-order valence-electron chi connectivity index (χ3n) is 3.02. The summed E-state index contributed by atoms with van der Waals surface area (Å²) in [4.78, 5) is 13.5. The van der Waals surface area contributed by atoms with Crippen molar-refractivity contribution in [3.63, 3.8) is 0 Å². The lowest BCUT2D eigenvalue weighted by atomic mass is 10.1. The topological polar surface area (TPSA) is 61.0 Å². The van der Waals surface area contributed by atoms with Gasteiger partial charge in [0.25, 0.3) is 5.91 Å². The summed E-state index contributed by atoms with van der Waals surface area (Å²) in [5, 5.41) is 10.6. The zero-order valence-corrected chi connectivity index (χ0v) is 12.5. The molecule has 1 amide bonds. The Morgan fingerprint density at radius 1 is 1.45 bits per heavy atom. The third kappa shape index (κ3) is 3.11. The van der Waals surface area contributed by atoms with E-state index in [1.54, 1.807) is 32.4 Å². The molecule has 0 atom stereocenters. The maximum Gasteiger partial charge on any atom is 0.254 e. The van der Waals surface area contributed by atoms with Crippen LogP contribution in [0.15, 0.2) is 24.4 Å². The van der Waals surface area contributed by atoms with E-state index in [0.717, 1.165) is 16.9 Å². The summed E-state index contributed by atoms with van der Waals surface area (Å²) in [6, 6.07) is 5.34. The van der Waals surface area contributed by atoms with Gasteiger partial charge in [-0.3, -0.25) is 9.89 Å². The summed E-state index contributed by atoms with van der Waals surface area (Å²) < 4.78 is 0.